The van der Waals surface area contributed by atoms with Crippen LogP contribution in [0.1, 0.15) is 37.8 Å². The van der Waals surface area contributed by atoms with Gasteiger partial charge in [-0.05, 0) is 38.8 Å². The molecule has 1 aromatic carbocycles. The first-order valence-corrected chi connectivity index (χ1v) is 10.8. The molecule has 29 heavy (non-hydrogen) atoms. The largest absolute Gasteiger partial charge is 0.496 e. The zero-order valence-corrected chi connectivity index (χ0v) is 17.9. The topological polar surface area (TPSA) is 51.7 Å². The Bertz CT molecular complexity index is 961. The van der Waals surface area contributed by atoms with Crippen LogP contribution in [0.4, 0.5) is 0 Å². The SMILES string of the molecule is COc1ccccc1-c1csc(C2CN(C(=O)C3=CCCC=C3)CC(C)(C)O2)n1. The van der Waals surface area contributed by atoms with Crippen LogP contribution in [0.5, 0.6) is 5.75 Å². The summed E-state index contributed by atoms with van der Waals surface area (Å²) in [5.41, 5.74) is 2.16. The number of ether oxygens (including phenoxy) is 2. The summed E-state index contributed by atoms with van der Waals surface area (Å²) < 4.78 is 11.8. The molecule has 0 radical (unpaired) electrons. The van der Waals surface area contributed by atoms with E-state index in [0.29, 0.717) is 13.1 Å². The van der Waals surface area contributed by atoms with Crippen molar-refractivity contribution < 1.29 is 14.3 Å². The first-order valence-electron chi connectivity index (χ1n) is 9.89. The molecule has 1 unspecified atom stereocenters. The second-order valence-corrected chi connectivity index (χ2v) is 8.85. The second-order valence-electron chi connectivity index (χ2n) is 7.96. The van der Waals surface area contributed by atoms with Gasteiger partial charge in [0, 0.05) is 23.1 Å². The normalized spacial score (nSPS) is 21.0. The Balaban J connectivity index is 1.58. The Hall–Kier alpha value is -2.44. The van der Waals surface area contributed by atoms with E-state index in [1.807, 2.05) is 60.5 Å². The van der Waals surface area contributed by atoms with Gasteiger partial charge in [0.1, 0.15) is 16.9 Å². The van der Waals surface area contributed by atoms with E-state index in [4.69, 9.17) is 14.5 Å². The minimum absolute atomic E-state index is 0.0730. The average Bonchev–Trinajstić information content (AvgIpc) is 3.23. The van der Waals surface area contributed by atoms with E-state index in [9.17, 15) is 4.79 Å². The van der Waals surface area contributed by atoms with Crippen LogP contribution >= 0.6 is 11.3 Å². The summed E-state index contributed by atoms with van der Waals surface area (Å²) in [7, 11) is 1.66. The number of benzene rings is 1. The van der Waals surface area contributed by atoms with Gasteiger partial charge in [-0.2, -0.15) is 0 Å². The van der Waals surface area contributed by atoms with Gasteiger partial charge >= 0.3 is 0 Å². The van der Waals surface area contributed by atoms with Gasteiger partial charge in [0.25, 0.3) is 5.91 Å². The van der Waals surface area contributed by atoms with Crippen molar-refractivity contribution in [3.8, 4) is 17.0 Å². The number of rotatable bonds is 4. The van der Waals surface area contributed by atoms with E-state index in [1.54, 1.807) is 18.4 Å². The molecule has 1 fully saturated rings. The van der Waals surface area contributed by atoms with Gasteiger partial charge in [-0.1, -0.05) is 30.4 Å². The van der Waals surface area contributed by atoms with Crippen LogP contribution in [-0.4, -0.2) is 41.6 Å². The Morgan fingerprint density at radius 3 is 2.90 bits per heavy atom. The zero-order valence-electron chi connectivity index (χ0n) is 17.1. The lowest BCUT2D eigenvalue weighted by molar-refractivity contribution is -0.159. The molecular formula is C23H26N2O3S. The number of para-hydroxylation sites is 1. The second kappa shape index (κ2) is 8.13. The molecule has 2 aromatic rings. The number of carbonyl (C=O) groups excluding carboxylic acids is 1. The Morgan fingerprint density at radius 1 is 1.31 bits per heavy atom. The molecule has 1 saturated heterocycles. The van der Waals surface area contributed by atoms with Crippen molar-refractivity contribution in [3.05, 3.63) is 58.5 Å². The summed E-state index contributed by atoms with van der Waals surface area (Å²) >= 11 is 1.56. The predicted octanol–water partition coefficient (Wildman–Crippen LogP) is 4.77. The third-order valence-electron chi connectivity index (χ3n) is 5.13. The van der Waals surface area contributed by atoms with Crippen LogP contribution < -0.4 is 4.74 Å². The highest BCUT2D eigenvalue weighted by Gasteiger charge is 2.38. The van der Waals surface area contributed by atoms with Crippen molar-refractivity contribution in [2.24, 2.45) is 0 Å². The maximum absolute atomic E-state index is 13.0. The van der Waals surface area contributed by atoms with Crippen LogP contribution in [-0.2, 0) is 9.53 Å². The van der Waals surface area contributed by atoms with Gasteiger partial charge in [0.2, 0.25) is 0 Å². The minimum Gasteiger partial charge on any atom is -0.496 e. The van der Waals surface area contributed by atoms with E-state index in [0.717, 1.165) is 40.4 Å². The van der Waals surface area contributed by atoms with Gasteiger partial charge in [0.05, 0.1) is 24.9 Å². The number of nitrogens with zero attached hydrogens (tertiary/aromatic N) is 2. The molecule has 0 spiro atoms. The molecule has 152 valence electrons. The monoisotopic (exact) mass is 410 g/mol. The van der Waals surface area contributed by atoms with Crippen LogP contribution in [0.15, 0.2) is 53.4 Å². The van der Waals surface area contributed by atoms with E-state index < -0.39 is 5.60 Å². The molecule has 1 amide bonds. The van der Waals surface area contributed by atoms with Crippen molar-refractivity contribution in [1.82, 2.24) is 9.88 Å². The molecule has 1 aromatic heterocycles. The predicted molar refractivity (Wildman–Crippen MR) is 115 cm³/mol. The summed E-state index contributed by atoms with van der Waals surface area (Å²) in [6.07, 6.45) is 7.71. The highest BCUT2D eigenvalue weighted by Crippen LogP contribution is 2.36. The number of morpholine rings is 1. The van der Waals surface area contributed by atoms with Gasteiger partial charge in [-0.3, -0.25) is 4.79 Å². The molecule has 0 bridgehead atoms. The van der Waals surface area contributed by atoms with Gasteiger partial charge in [-0.25, -0.2) is 4.98 Å². The highest BCUT2D eigenvalue weighted by atomic mass is 32.1. The number of hydrogen-bond acceptors (Lipinski definition) is 5. The molecule has 6 heteroatoms. The fourth-order valence-corrected chi connectivity index (χ4v) is 4.67. The smallest absolute Gasteiger partial charge is 0.253 e. The molecule has 1 aliphatic heterocycles. The Kier molecular flexibility index (Phi) is 5.56. The lowest BCUT2D eigenvalue weighted by Crippen LogP contribution is -2.52. The van der Waals surface area contributed by atoms with Crippen molar-refractivity contribution >= 4 is 17.2 Å². The standard InChI is InChI=1S/C23H26N2O3S/c1-23(2)15-25(22(26)16-9-5-4-6-10-16)13-20(28-23)21-24-18(14-29-21)17-11-7-8-12-19(17)27-3/h5,7-12,14,20H,4,6,13,15H2,1-3H3. The number of thiazole rings is 1. The lowest BCUT2D eigenvalue weighted by Gasteiger charge is -2.42. The quantitative estimate of drug-likeness (QED) is 0.728. The van der Waals surface area contributed by atoms with Crippen molar-refractivity contribution in [1.29, 1.82) is 0 Å². The molecule has 2 aliphatic rings. The highest BCUT2D eigenvalue weighted by molar-refractivity contribution is 7.10. The number of carbonyl (C=O) groups is 1. The summed E-state index contributed by atoms with van der Waals surface area (Å²) in [5, 5.41) is 2.90. The van der Waals surface area contributed by atoms with Crippen molar-refractivity contribution in [2.75, 3.05) is 20.2 Å². The molecule has 2 heterocycles. The Labute approximate surface area is 175 Å². The average molecular weight is 411 g/mol. The van der Waals surface area contributed by atoms with Crippen LogP contribution in [0.2, 0.25) is 0 Å². The Morgan fingerprint density at radius 2 is 2.14 bits per heavy atom. The molecule has 0 saturated carbocycles. The number of aromatic nitrogens is 1. The fourth-order valence-electron chi connectivity index (χ4n) is 3.84. The van der Waals surface area contributed by atoms with E-state index in [2.05, 4.69) is 6.08 Å². The minimum atomic E-state index is -0.437. The summed E-state index contributed by atoms with van der Waals surface area (Å²) in [5.74, 6) is 0.867. The zero-order chi connectivity index (χ0) is 20.4. The molecule has 1 aliphatic carbocycles. The maximum atomic E-state index is 13.0. The van der Waals surface area contributed by atoms with Crippen LogP contribution in [0, 0.1) is 0 Å². The van der Waals surface area contributed by atoms with Crippen LogP contribution in [0.25, 0.3) is 11.3 Å². The van der Waals surface area contributed by atoms with Gasteiger partial charge in [-0.15, -0.1) is 11.3 Å². The molecule has 1 atom stereocenters. The van der Waals surface area contributed by atoms with E-state index in [-0.39, 0.29) is 12.0 Å². The van der Waals surface area contributed by atoms with Gasteiger partial charge in [0.15, 0.2) is 0 Å². The molecular weight excluding hydrogens is 384 g/mol. The van der Waals surface area contributed by atoms with E-state index in [1.165, 1.54) is 0 Å². The van der Waals surface area contributed by atoms with E-state index >= 15 is 0 Å². The first kappa shape index (κ1) is 19.9. The number of allylic oxidation sites excluding steroid dienone is 2. The third-order valence-corrected chi connectivity index (χ3v) is 6.07. The molecule has 4 rings (SSSR count). The number of amides is 1. The van der Waals surface area contributed by atoms with Crippen molar-refractivity contribution in [2.45, 2.75) is 38.4 Å². The summed E-state index contributed by atoms with van der Waals surface area (Å²) in [6, 6.07) is 7.85. The summed E-state index contributed by atoms with van der Waals surface area (Å²) in [6.45, 7) is 5.13. The third kappa shape index (κ3) is 4.28. The van der Waals surface area contributed by atoms with Crippen LogP contribution in [0.3, 0.4) is 0 Å². The number of hydrogen-bond donors (Lipinski definition) is 0. The fraction of sp³-hybridized carbons (Fsp3) is 0.391. The summed E-state index contributed by atoms with van der Waals surface area (Å²) in [4.78, 5) is 19.8. The molecule has 0 N–H and O–H groups in total. The lowest BCUT2D eigenvalue weighted by atomic mass is 10.0. The van der Waals surface area contributed by atoms with Crippen molar-refractivity contribution in [3.63, 3.8) is 0 Å². The first-order chi connectivity index (χ1) is 14.0. The number of methoxy groups -OCH3 is 1. The van der Waals surface area contributed by atoms with Gasteiger partial charge < -0.3 is 14.4 Å². The maximum Gasteiger partial charge on any atom is 0.253 e. The molecule has 5 nitrogen and oxygen atoms in total.